The number of ether oxygens (including phenoxy) is 3. The molecule has 0 atom stereocenters. The number of methoxy groups -OCH3 is 2. The first-order chi connectivity index (χ1) is 15.1. The molecule has 2 aromatic rings. The van der Waals surface area contributed by atoms with Crippen molar-refractivity contribution in [1.82, 2.24) is 5.43 Å². The first-order valence-electron chi connectivity index (χ1n) is 10.1. The van der Waals surface area contributed by atoms with E-state index >= 15 is 0 Å². The van der Waals surface area contributed by atoms with Gasteiger partial charge in [0, 0.05) is 5.56 Å². The van der Waals surface area contributed by atoms with Crippen LogP contribution in [-0.2, 0) is 9.59 Å². The van der Waals surface area contributed by atoms with Crippen LogP contribution < -0.4 is 25.0 Å². The van der Waals surface area contributed by atoms with Crippen molar-refractivity contribution in [3.05, 3.63) is 48.0 Å². The molecule has 0 spiro atoms. The Bertz CT molecular complexity index is 899. The molecule has 2 N–H and O–H groups in total. The second-order valence-corrected chi connectivity index (χ2v) is 6.65. The van der Waals surface area contributed by atoms with E-state index in [9.17, 15) is 9.59 Å². The fraction of sp³-hybridized carbons (Fsp3) is 0.348. The van der Waals surface area contributed by atoms with E-state index in [1.165, 1.54) is 13.3 Å². The van der Waals surface area contributed by atoms with E-state index in [1.54, 1.807) is 37.4 Å². The number of benzene rings is 2. The summed E-state index contributed by atoms with van der Waals surface area (Å²) in [7, 11) is 3.07. The van der Waals surface area contributed by atoms with E-state index in [0.717, 1.165) is 19.3 Å². The van der Waals surface area contributed by atoms with E-state index in [1.807, 2.05) is 12.1 Å². The number of unbranched alkanes of at least 4 members (excludes halogenated alkanes) is 2. The second-order valence-electron chi connectivity index (χ2n) is 6.65. The predicted octanol–water partition coefficient (Wildman–Crippen LogP) is 3.75. The third-order valence-corrected chi connectivity index (χ3v) is 4.32. The number of para-hydroxylation sites is 3. The Morgan fingerprint density at radius 3 is 2.45 bits per heavy atom. The van der Waals surface area contributed by atoms with Crippen LogP contribution in [0.3, 0.4) is 0 Å². The van der Waals surface area contributed by atoms with Gasteiger partial charge in [-0.3, -0.25) is 9.59 Å². The van der Waals surface area contributed by atoms with Crippen molar-refractivity contribution < 1.29 is 23.8 Å². The Balaban J connectivity index is 1.93. The maximum absolute atomic E-state index is 12.1. The molecule has 31 heavy (non-hydrogen) atoms. The van der Waals surface area contributed by atoms with Gasteiger partial charge in [-0.1, -0.05) is 38.0 Å². The lowest BCUT2D eigenvalue weighted by molar-refractivity contribution is -0.126. The fourth-order valence-electron chi connectivity index (χ4n) is 2.78. The monoisotopic (exact) mass is 427 g/mol. The van der Waals surface area contributed by atoms with Crippen LogP contribution in [-0.4, -0.2) is 38.9 Å². The van der Waals surface area contributed by atoms with Gasteiger partial charge in [0.25, 0.3) is 0 Å². The van der Waals surface area contributed by atoms with Crippen molar-refractivity contribution in [2.24, 2.45) is 5.10 Å². The van der Waals surface area contributed by atoms with Crippen LogP contribution in [0, 0.1) is 0 Å². The number of carbonyl (C=O) groups excluding carboxylic acids is 2. The largest absolute Gasteiger partial charge is 0.495 e. The van der Waals surface area contributed by atoms with Gasteiger partial charge in [-0.15, -0.1) is 0 Å². The number of hydrogen-bond donors (Lipinski definition) is 2. The molecule has 0 bridgehead atoms. The number of nitrogens with zero attached hydrogens (tertiary/aromatic N) is 1. The highest BCUT2D eigenvalue weighted by molar-refractivity contribution is 6.04. The molecule has 2 rings (SSSR count). The summed E-state index contributed by atoms with van der Waals surface area (Å²) in [4.78, 5) is 24.2. The molecule has 0 aliphatic rings. The summed E-state index contributed by atoms with van der Waals surface area (Å²) in [5, 5.41) is 6.60. The van der Waals surface area contributed by atoms with Crippen LogP contribution in [0.25, 0.3) is 0 Å². The topological polar surface area (TPSA) is 98.2 Å². The highest BCUT2D eigenvalue weighted by Crippen LogP contribution is 2.30. The zero-order chi connectivity index (χ0) is 22.5. The summed E-state index contributed by atoms with van der Waals surface area (Å²) in [6.07, 6.45) is 4.19. The standard InChI is InChI=1S/C23H29N3O5/c1-4-5-8-14-31-23-17(10-9-13-20(23)30-3)16-24-26-22(28)15-21(27)25-18-11-6-7-12-19(18)29-2/h6-7,9-13,16H,4-5,8,14-15H2,1-3H3,(H,25,27)(H,26,28). The third kappa shape index (κ3) is 7.65. The summed E-state index contributed by atoms with van der Waals surface area (Å²) in [5.41, 5.74) is 3.51. The Morgan fingerprint density at radius 1 is 0.968 bits per heavy atom. The van der Waals surface area contributed by atoms with Crippen LogP contribution in [0.5, 0.6) is 17.2 Å². The second kappa shape index (κ2) is 12.9. The number of anilines is 1. The van der Waals surface area contributed by atoms with Crippen LogP contribution >= 0.6 is 0 Å². The van der Waals surface area contributed by atoms with Crippen molar-refractivity contribution in [1.29, 1.82) is 0 Å². The van der Waals surface area contributed by atoms with E-state index in [4.69, 9.17) is 14.2 Å². The Morgan fingerprint density at radius 2 is 1.71 bits per heavy atom. The van der Waals surface area contributed by atoms with Crippen molar-refractivity contribution in [2.45, 2.75) is 32.6 Å². The molecule has 8 nitrogen and oxygen atoms in total. The molecule has 2 amide bonds. The van der Waals surface area contributed by atoms with Gasteiger partial charge in [-0.05, 0) is 30.7 Å². The Kier molecular flexibility index (Phi) is 9.87. The molecule has 0 aliphatic heterocycles. The number of nitrogens with one attached hydrogen (secondary N) is 2. The highest BCUT2D eigenvalue weighted by Gasteiger charge is 2.12. The third-order valence-electron chi connectivity index (χ3n) is 4.32. The Labute approximate surface area is 182 Å². The van der Waals surface area contributed by atoms with Gasteiger partial charge in [0.1, 0.15) is 12.2 Å². The number of amides is 2. The Hall–Kier alpha value is -3.55. The van der Waals surface area contributed by atoms with Crippen LogP contribution in [0.15, 0.2) is 47.6 Å². The minimum absolute atomic E-state index is 0.381. The summed E-state index contributed by atoms with van der Waals surface area (Å²) < 4.78 is 16.4. The van der Waals surface area contributed by atoms with Crippen molar-refractivity contribution in [2.75, 3.05) is 26.1 Å². The van der Waals surface area contributed by atoms with Gasteiger partial charge >= 0.3 is 0 Å². The van der Waals surface area contributed by atoms with Crippen LogP contribution in [0.1, 0.15) is 38.2 Å². The summed E-state index contributed by atoms with van der Waals surface area (Å²) in [6.45, 7) is 2.69. The molecule has 0 fully saturated rings. The fourth-order valence-corrected chi connectivity index (χ4v) is 2.78. The molecule has 8 heteroatoms. The van der Waals surface area contributed by atoms with Crippen LogP contribution in [0.4, 0.5) is 5.69 Å². The van der Waals surface area contributed by atoms with Crippen molar-refractivity contribution >= 4 is 23.7 Å². The number of rotatable bonds is 12. The summed E-state index contributed by atoms with van der Waals surface area (Å²) >= 11 is 0. The summed E-state index contributed by atoms with van der Waals surface area (Å²) in [5.74, 6) is 0.644. The van der Waals surface area contributed by atoms with Gasteiger partial charge in [-0.25, -0.2) is 5.43 Å². The minimum Gasteiger partial charge on any atom is -0.495 e. The van der Waals surface area contributed by atoms with E-state index < -0.39 is 11.8 Å². The molecule has 0 aromatic heterocycles. The number of hydrazone groups is 1. The van der Waals surface area contributed by atoms with E-state index in [0.29, 0.717) is 35.1 Å². The highest BCUT2D eigenvalue weighted by atomic mass is 16.5. The molecule has 0 radical (unpaired) electrons. The lowest BCUT2D eigenvalue weighted by Gasteiger charge is -2.13. The molecule has 2 aromatic carbocycles. The number of hydrogen-bond acceptors (Lipinski definition) is 6. The SMILES string of the molecule is CCCCCOc1c(C=NNC(=O)CC(=O)Nc2ccccc2OC)cccc1OC. The quantitative estimate of drug-likeness (QED) is 0.233. The predicted molar refractivity (Wildman–Crippen MR) is 120 cm³/mol. The molecule has 0 saturated heterocycles. The molecular formula is C23H29N3O5. The first-order valence-corrected chi connectivity index (χ1v) is 10.1. The van der Waals surface area contributed by atoms with Gasteiger partial charge < -0.3 is 19.5 Å². The molecule has 0 aliphatic carbocycles. The van der Waals surface area contributed by atoms with Gasteiger partial charge in [-0.2, -0.15) is 5.10 Å². The van der Waals surface area contributed by atoms with Gasteiger partial charge in [0.15, 0.2) is 11.5 Å². The lowest BCUT2D eigenvalue weighted by Crippen LogP contribution is -2.24. The number of carbonyl (C=O) groups is 2. The molecule has 166 valence electrons. The normalized spacial score (nSPS) is 10.5. The van der Waals surface area contributed by atoms with Gasteiger partial charge in [0.05, 0.1) is 32.7 Å². The maximum atomic E-state index is 12.1. The van der Waals surface area contributed by atoms with Crippen molar-refractivity contribution in [3.63, 3.8) is 0 Å². The van der Waals surface area contributed by atoms with Crippen molar-refractivity contribution in [3.8, 4) is 17.2 Å². The smallest absolute Gasteiger partial charge is 0.249 e. The van der Waals surface area contributed by atoms with Crippen LogP contribution in [0.2, 0.25) is 0 Å². The van der Waals surface area contributed by atoms with Gasteiger partial charge in [0.2, 0.25) is 11.8 Å². The summed E-state index contributed by atoms with van der Waals surface area (Å²) in [6, 6.07) is 12.4. The molecule has 0 unspecified atom stereocenters. The molecule has 0 saturated carbocycles. The minimum atomic E-state index is -0.544. The molecule has 0 heterocycles. The average Bonchev–Trinajstić information content (AvgIpc) is 2.77. The van der Waals surface area contributed by atoms with E-state index in [2.05, 4.69) is 22.8 Å². The first kappa shape index (κ1) is 23.7. The average molecular weight is 428 g/mol. The van der Waals surface area contributed by atoms with E-state index in [-0.39, 0.29) is 6.42 Å². The zero-order valence-electron chi connectivity index (χ0n) is 18.1. The molecular weight excluding hydrogens is 398 g/mol. The lowest BCUT2D eigenvalue weighted by atomic mass is 10.2. The zero-order valence-corrected chi connectivity index (χ0v) is 18.1. The maximum Gasteiger partial charge on any atom is 0.249 e.